The van der Waals surface area contributed by atoms with Gasteiger partial charge in [-0.15, -0.1) is 0 Å². The molecule has 2 N–H and O–H groups in total. The fourth-order valence-corrected chi connectivity index (χ4v) is 3.99. The van der Waals surface area contributed by atoms with Crippen molar-refractivity contribution in [3.63, 3.8) is 0 Å². The van der Waals surface area contributed by atoms with Crippen LogP contribution in [-0.4, -0.2) is 42.9 Å². The third kappa shape index (κ3) is 3.02. The Hall–Kier alpha value is -2.34. The molecule has 3 aliphatic rings. The van der Waals surface area contributed by atoms with E-state index in [1.54, 1.807) is 4.90 Å². The Kier molecular flexibility index (Phi) is 4.00. The van der Waals surface area contributed by atoms with Crippen molar-refractivity contribution in [1.29, 1.82) is 0 Å². The molecule has 2 amide bonds. The number of anilines is 1. The van der Waals surface area contributed by atoms with Gasteiger partial charge in [-0.3, -0.25) is 9.69 Å². The summed E-state index contributed by atoms with van der Waals surface area (Å²) in [6.07, 6.45) is 2.61. The highest BCUT2D eigenvalue weighted by molar-refractivity contribution is 5.90. The summed E-state index contributed by atoms with van der Waals surface area (Å²) in [5.41, 5.74) is 3.31. The molecule has 1 aromatic rings. The number of ether oxygens (including phenoxy) is 1. The van der Waals surface area contributed by atoms with E-state index in [0.29, 0.717) is 30.8 Å². The molecule has 1 saturated carbocycles. The molecule has 1 heterocycles. The Balaban J connectivity index is 1.40. The number of nitrogens with one attached hydrogen (secondary N) is 1. The van der Waals surface area contributed by atoms with E-state index in [-0.39, 0.29) is 24.7 Å². The second-order valence-corrected chi connectivity index (χ2v) is 7.08. The molecule has 4 rings (SSSR count). The molecule has 4 atom stereocenters. The molecule has 1 aliphatic heterocycles. The van der Waals surface area contributed by atoms with Crippen molar-refractivity contribution in [2.45, 2.75) is 19.4 Å². The fraction of sp³-hybridized carbons (Fsp3) is 0.474. The molecular weight excluding hydrogens is 320 g/mol. The summed E-state index contributed by atoms with van der Waals surface area (Å²) in [4.78, 5) is 24.6. The summed E-state index contributed by atoms with van der Waals surface area (Å²) in [6.45, 7) is 2.49. The second-order valence-electron chi connectivity index (χ2n) is 7.08. The van der Waals surface area contributed by atoms with Gasteiger partial charge in [0.15, 0.2) is 0 Å². The van der Waals surface area contributed by atoms with Gasteiger partial charge in [0, 0.05) is 19.2 Å². The maximum atomic E-state index is 12.0. The van der Waals surface area contributed by atoms with E-state index in [9.17, 15) is 14.7 Å². The molecule has 25 heavy (non-hydrogen) atoms. The Bertz CT molecular complexity index is 727. The quantitative estimate of drug-likeness (QED) is 0.855. The number of cyclic esters (lactones) is 1. The Morgan fingerprint density at radius 1 is 1.36 bits per heavy atom. The van der Waals surface area contributed by atoms with Crippen molar-refractivity contribution in [2.75, 3.05) is 24.6 Å². The molecule has 2 aliphatic carbocycles. The molecule has 0 bridgehead atoms. The van der Waals surface area contributed by atoms with E-state index in [1.165, 1.54) is 18.1 Å². The van der Waals surface area contributed by atoms with Crippen LogP contribution in [0.2, 0.25) is 0 Å². The molecule has 6 nitrogen and oxygen atoms in total. The lowest BCUT2D eigenvalue weighted by atomic mass is 10.0. The third-order valence-corrected chi connectivity index (χ3v) is 5.46. The Labute approximate surface area is 146 Å². The largest absolute Gasteiger partial charge is 0.442 e. The molecule has 0 radical (unpaired) electrons. The summed E-state index contributed by atoms with van der Waals surface area (Å²) < 4.78 is 5.29. The number of aliphatic hydroxyl groups excluding tert-OH is 1. The average molecular weight is 342 g/mol. The number of aliphatic hydroxyl groups is 1. The summed E-state index contributed by atoms with van der Waals surface area (Å²) in [5.74, 6) is 1.48. The first-order valence-corrected chi connectivity index (χ1v) is 8.71. The minimum atomic E-state index is -0.379. The lowest BCUT2D eigenvalue weighted by molar-refractivity contribution is -0.119. The van der Waals surface area contributed by atoms with Crippen molar-refractivity contribution in [1.82, 2.24) is 5.32 Å². The van der Waals surface area contributed by atoms with E-state index in [0.717, 1.165) is 12.1 Å². The lowest BCUT2D eigenvalue weighted by Gasteiger charge is -2.14. The molecule has 132 valence electrons. The first kappa shape index (κ1) is 16.1. The zero-order chi connectivity index (χ0) is 17.6. The van der Waals surface area contributed by atoms with Crippen molar-refractivity contribution >= 4 is 23.3 Å². The van der Waals surface area contributed by atoms with Crippen molar-refractivity contribution < 1.29 is 19.4 Å². The van der Waals surface area contributed by atoms with Crippen LogP contribution in [0.3, 0.4) is 0 Å². The normalized spacial score (nSPS) is 29.9. The predicted molar refractivity (Wildman–Crippen MR) is 92.9 cm³/mol. The lowest BCUT2D eigenvalue weighted by Crippen LogP contribution is -2.33. The fourth-order valence-electron chi connectivity index (χ4n) is 3.99. The highest BCUT2D eigenvalue weighted by Crippen LogP contribution is 2.57. The summed E-state index contributed by atoms with van der Waals surface area (Å²) in [7, 11) is 0. The molecular formula is C19H22N2O4. The number of nitrogens with zero attached hydrogens (tertiary/aromatic N) is 1. The van der Waals surface area contributed by atoms with Gasteiger partial charge < -0.3 is 15.2 Å². The van der Waals surface area contributed by atoms with Gasteiger partial charge in [-0.25, -0.2) is 4.79 Å². The zero-order valence-electron chi connectivity index (χ0n) is 14.1. The van der Waals surface area contributed by atoms with E-state index < -0.39 is 0 Å². The van der Waals surface area contributed by atoms with Crippen LogP contribution in [0, 0.1) is 17.8 Å². The van der Waals surface area contributed by atoms with E-state index in [1.807, 2.05) is 24.3 Å². The number of hydrogen-bond acceptors (Lipinski definition) is 4. The summed E-state index contributed by atoms with van der Waals surface area (Å²) in [6, 6.07) is 7.94. The SMILES string of the molecule is CC(=O)NC[C@H]1CN(c2ccc(C3=C[C@H]4[C@@H](CO)[C@H]4C3)cc2)C(=O)O1. The number of hydrogen-bond donors (Lipinski definition) is 2. The van der Waals surface area contributed by atoms with Crippen LogP contribution in [-0.2, 0) is 9.53 Å². The number of amides is 2. The number of allylic oxidation sites excluding steroid dienone is 2. The number of benzene rings is 1. The highest BCUT2D eigenvalue weighted by Gasteiger charge is 2.51. The highest BCUT2D eigenvalue weighted by atomic mass is 16.6. The van der Waals surface area contributed by atoms with Gasteiger partial charge in [0.1, 0.15) is 6.10 Å². The van der Waals surface area contributed by atoms with E-state index in [4.69, 9.17) is 4.74 Å². The molecule has 1 saturated heterocycles. The van der Waals surface area contributed by atoms with Crippen LogP contribution in [0.5, 0.6) is 0 Å². The zero-order valence-corrected chi connectivity index (χ0v) is 14.1. The van der Waals surface area contributed by atoms with Crippen LogP contribution >= 0.6 is 0 Å². The van der Waals surface area contributed by atoms with Gasteiger partial charge in [-0.2, -0.15) is 0 Å². The van der Waals surface area contributed by atoms with Gasteiger partial charge >= 0.3 is 6.09 Å². The van der Waals surface area contributed by atoms with E-state index in [2.05, 4.69) is 11.4 Å². The number of carbonyl (C=O) groups is 2. The maximum Gasteiger partial charge on any atom is 0.414 e. The first-order chi connectivity index (χ1) is 12.1. The second kappa shape index (κ2) is 6.19. The Morgan fingerprint density at radius 3 is 2.72 bits per heavy atom. The molecule has 0 spiro atoms. The first-order valence-electron chi connectivity index (χ1n) is 8.71. The van der Waals surface area contributed by atoms with Gasteiger partial charge in [0.2, 0.25) is 5.91 Å². The summed E-state index contributed by atoms with van der Waals surface area (Å²) >= 11 is 0. The topological polar surface area (TPSA) is 78.9 Å². The van der Waals surface area contributed by atoms with Crippen molar-refractivity contribution in [3.05, 3.63) is 35.9 Å². The average Bonchev–Trinajstić information content (AvgIpc) is 2.94. The van der Waals surface area contributed by atoms with Crippen LogP contribution in [0.4, 0.5) is 10.5 Å². The summed E-state index contributed by atoms with van der Waals surface area (Å²) in [5, 5.41) is 11.9. The molecule has 0 unspecified atom stereocenters. The monoisotopic (exact) mass is 342 g/mol. The number of carbonyl (C=O) groups excluding carboxylic acids is 2. The number of rotatable bonds is 5. The van der Waals surface area contributed by atoms with Crippen molar-refractivity contribution in [2.24, 2.45) is 17.8 Å². The minimum absolute atomic E-state index is 0.134. The smallest absolute Gasteiger partial charge is 0.414 e. The third-order valence-electron chi connectivity index (χ3n) is 5.46. The van der Waals surface area contributed by atoms with Gasteiger partial charge in [-0.05, 0) is 47.4 Å². The van der Waals surface area contributed by atoms with Crippen LogP contribution < -0.4 is 10.2 Å². The molecule has 6 heteroatoms. The van der Waals surface area contributed by atoms with Crippen LogP contribution in [0.25, 0.3) is 5.57 Å². The standard InChI is InChI=1S/C19H22N2O4/c1-11(23)20-8-15-9-21(19(24)25-15)14-4-2-12(3-5-14)13-6-16-17(7-13)18(16)10-22/h2-6,15-18,22H,7-10H2,1H3,(H,20,23)/t15-,16+,17-,18+/m0/s1. The van der Waals surface area contributed by atoms with Gasteiger partial charge in [0.05, 0.1) is 13.1 Å². The Morgan fingerprint density at radius 2 is 2.12 bits per heavy atom. The minimum Gasteiger partial charge on any atom is -0.442 e. The molecule has 1 aromatic carbocycles. The van der Waals surface area contributed by atoms with E-state index >= 15 is 0 Å². The molecule has 2 fully saturated rings. The van der Waals surface area contributed by atoms with Crippen molar-refractivity contribution in [3.8, 4) is 0 Å². The van der Waals surface area contributed by atoms with Gasteiger partial charge in [0.25, 0.3) is 0 Å². The predicted octanol–water partition coefficient (Wildman–Crippen LogP) is 1.79. The van der Waals surface area contributed by atoms with Crippen LogP contribution in [0.15, 0.2) is 30.3 Å². The molecule has 0 aromatic heterocycles. The maximum absolute atomic E-state index is 12.0. The number of fused-ring (bicyclic) bond motifs is 1. The van der Waals surface area contributed by atoms with Gasteiger partial charge in [-0.1, -0.05) is 18.2 Å². The van der Waals surface area contributed by atoms with Crippen LogP contribution in [0.1, 0.15) is 18.9 Å².